The van der Waals surface area contributed by atoms with Crippen molar-refractivity contribution in [3.8, 4) is 0 Å². The molecule has 4 heteroatoms. The van der Waals surface area contributed by atoms with Gasteiger partial charge in [0, 0.05) is 0 Å². The molecule has 1 aliphatic carbocycles. The van der Waals surface area contributed by atoms with E-state index in [2.05, 4.69) is 33.1 Å². The van der Waals surface area contributed by atoms with Crippen molar-refractivity contribution in [2.24, 2.45) is 5.92 Å². The number of carbonyl (C=O) groups excluding carboxylic acids is 1. The van der Waals surface area contributed by atoms with Crippen LogP contribution in [0.25, 0.3) is 6.08 Å². The molecule has 0 bridgehead atoms. The van der Waals surface area contributed by atoms with Crippen molar-refractivity contribution in [3.63, 3.8) is 0 Å². The average molecular weight is 300 g/mol. The Labute approximate surface area is 108 Å². The molecule has 0 aromatic carbocycles. The number of alkyl halides is 1. The summed E-state index contributed by atoms with van der Waals surface area (Å²) in [4.78, 5) is 17.6. The Balaban J connectivity index is 2.25. The number of rotatable bonds is 3. The van der Waals surface area contributed by atoms with Gasteiger partial charge in [-0.15, -0.1) is 11.3 Å². The Morgan fingerprint density at radius 2 is 2.31 bits per heavy atom. The minimum atomic E-state index is -0.121. The Kier molecular flexibility index (Phi) is 3.60. The number of allylic oxidation sites excluding steroid dienone is 1. The number of fused-ring (bicyclic) bond motifs is 1. The van der Waals surface area contributed by atoms with Crippen LogP contribution in [0.3, 0.4) is 0 Å². The fraction of sp³-hybridized carbons (Fsp3) is 0.500. The van der Waals surface area contributed by atoms with Gasteiger partial charge in [0.05, 0.1) is 15.4 Å². The van der Waals surface area contributed by atoms with E-state index in [4.69, 9.17) is 0 Å². The number of aromatic nitrogens is 1. The second-order valence-electron chi connectivity index (χ2n) is 4.28. The summed E-state index contributed by atoms with van der Waals surface area (Å²) in [6.45, 7) is 4.06. The molecule has 0 amide bonds. The molecule has 86 valence electrons. The largest absolute Gasteiger partial charge is 0.290 e. The van der Waals surface area contributed by atoms with Gasteiger partial charge in [-0.05, 0) is 24.8 Å². The molecule has 1 aliphatic rings. The third-order valence-corrected chi connectivity index (χ3v) is 5.14. The first kappa shape index (κ1) is 12.0. The first-order valence-corrected chi connectivity index (χ1v) is 7.17. The molecule has 0 spiro atoms. The number of hydrogen-bond acceptors (Lipinski definition) is 3. The molecule has 1 aromatic rings. The number of nitrogens with zero attached hydrogens (tertiary/aromatic N) is 1. The predicted molar refractivity (Wildman–Crippen MR) is 71.4 cm³/mol. The highest BCUT2D eigenvalue weighted by Crippen LogP contribution is 2.28. The van der Waals surface area contributed by atoms with E-state index < -0.39 is 0 Å². The summed E-state index contributed by atoms with van der Waals surface area (Å²) >= 11 is 4.95. The first-order chi connectivity index (χ1) is 7.59. The van der Waals surface area contributed by atoms with Crippen LogP contribution in [0.5, 0.6) is 0 Å². The summed E-state index contributed by atoms with van der Waals surface area (Å²) in [5, 5.41) is 0.645. The van der Waals surface area contributed by atoms with Crippen molar-refractivity contribution in [2.45, 2.75) is 31.5 Å². The zero-order valence-corrected chi connectivity index (χ0v) is 11.8. The molecule has 1 atom stereocenters. The summed E-state index contributed by atoms with van der Waals surface area (Å²) in [5.41, 5.74) is 1.08. The number of thiazole rings is 1. The lowest BCUT2D eigenvalue weighted by Gasteiger charge is -2.09. The third kappa shape index (κ3) is 2.28. The fourth-order valence-electron chi connectivity index (χ4n) is 1.61. The van der Waals surface area contributed by atoms with Crippen LogP contribution in [0.4, 0.5) is 0 Å². The van der Waals surface area contributed by atoms with Gasteiger partial charge in [-0.2, -0.15) is 0 Å². The molecule has 0 radical (unpaired) electrons. The highest BCUT2D eigenvalue weighted by molar-refractivity contribution is 9.10. The molecule has 0 aliphatic heterocycles. The summed E-state index contributed by atoms with van der Waals surface area (Å²) < 4.78 is 0. The van der Waals surface area contributed by atoms with Crippen LogP contribution < -0.4 is 0 Å². The lowest BCUT2D eigenvalue weighted by Crippen LogP contribution is -2.19. The van der Waals surface area contributed by atoms with E-state index in [0.717, 1.165) is 23.4 Å². The van der Waals surface area contributed by atoms with Gasteiger partial charge in [-0.1, -0.05) is 35.9 Å². The topological polar surface area (TPSA) is 30.0 Å². The van der Waals surface area contributed by atoms with Crippen LogP contribution in [0.1, 0.15) is 40.6 Å². The van der Waals surface area contributed by atoms with Gasteiger partial charge in [-0.25, -0.2) is 4.98 Å². The average Bonchev–Trinajstić information content (AvgIpc) is 2.70. The smallest absolute Gasteiger partial charge is 0.205 e. The molecule has 0 N–H and O–H groups in total. The SMILES string of the molecule is CC(C)C(Br)C(=O)c1nc2c(s1)C=CCC2. The number of carbonyl (C=O) groups is 1. The van der Waals surface area contributed by atoms with Gasteiger partial charge in [0.1, 0.15) is 0 Å². The molecule has 1 heterocycles. The van der Waals surface area contributed by atoms with Gasteiger partial charge in [-0.3, -0.25) is 4.79 Å². The van der Waals surface area contributed by atoms with E-state index in [9.17, 15) is 4.79 Å². The van der Waals surface area contributed by atoms with Crippen molar-refractivity contribution in [1.82, 2.24) is 4.98 Å². The molecule has 1 unspecified atom stereocenters. The van der Waals surface area contributed by atoms with E-state index in [0.29, 0.717) is 10.9 Å². The van der Waals surface area contributed by atoms with E-state index >= 15 is 0 Å². The number of Topliss-reactive ketones (excluding diaryl/α,β-unsaturated/α-hetero) is 1. The Morgan fingerprint density at radius 3 is 2.94 bits per heavy atom. The molecular weight excluding hydrogens is 286 g/mol. The van der Waals surface area contributed by atoms with Gasteiger partial charge in [0.25, 0.3) is 0 Å². The fourth-order valence-corrected chi connectivity index (χ4v) is 3.00. The monoisotopic (exact) mass is 299 g/mol. The Bertz CT molecular complexity index is 436. The summed E-state index contributed by atoms with van der Waals surface area (Å²) in [5.74, 6) is 0.409. The van der Waals surface area contributed by atoms with E-state index in [1.165, 1.54) is 11.3 Å². The van der Waals surface area contributed by atoms with Crippen molar-refractivity contribution >= 4 is 39.1 Å². The van der Waals surface area contributed by atoms with Crippen LogP contribution in [-0.2, 0) is 6.42 Å². The molecule has 2 nitrogen and oxygen atoms in total. The zero-order chi connectivity index (χ0) is 11.7. The number of halogens is 1. The van der Waals surface area contributed by atoms with Crippen LogP contribution in [0.15, 0.2) is 6.08 Å². The summed E-state index contributed by atoms with van der Waals surface area (Å²) in [6, 6.07) is 0. The quantitative estimate of drug-likeness (QED) is 0.629. The predicted octanol–water partition coefficient (Wildman–Crippen LogP) is 3.70. The van der Waals surface area contributed by atoms with Crippen LogP contribution in [0.2, 0.25) is 0 Å². The van der Waals surface area contributed by atoms with Gasteiger partial charge < -0.3 is 0 Å². The number of aryl methyl sites for hydroxylation is 1. The summed E-state index contributed by atoms with van der Waals surface area (Å²) in [7, 11) is 0. The van der Waals surface area contributed by atoms with Crippen LogP contribution >= 0.6 is 27.3 Å². The molecule has 1 aromatic heterocycles. The Morgan fingerprint density at radius 1 is 1.56 bits per heavy atom. The number of ketones is 1. The van der Waals surface area contributed by atoms with E-state index in [1.807, 2.05) is 13.8 Å². The Hall–Kier alpha value is -0.480. The minimum absolute atomic E-state index is 0.114. The van der Waals surface area contributed by atoms with Gasteiger partial charge in [0.2, 0.25) is 5.78 Å². The lowest BCUT2D eigenvalue weighted by molar-refractivity contribution is 0.0977. The highest BCUT2D eigenvalue weighted by Gasteiger charge is 2.24. The van der Waals surface area contributed by atoms with Crippen LogP contribution in [-0.4, -0.2) is 15.6 Å². The normalized spacial score (nSPS) is 16.2. The highest BCUT2D eigenvalue weighted by atomic mass is 79.9. The molecule has 2 rings (SSSR count). The molecule has 0 fully saturated rings. The third-order valence-electron chi connectivity index (χ3n) is 2.59. The maximum Gasteiger partial charge on any atom is 0.205 e. The van der Waals surface area contributed by atoms with Crippen LogP contribution in [0, 0.1) is 5.92 Å². The van der Waals surface area contributed by atoms with E-state index in [-0.39, 0.29) is 10.6 Å². The van der Waals surface area contributed by atoms with Crippen molar-refractivity contribution in [1.29, 1.82) is 0 Å². The molecule has 0 saturated heterocycles. The lowest BCUT2D eigenvalue weighted by atomic mass is 10.1. The van der Waals surface area contributed by atoms with Gasteiger partial charge in [0.15, 0.2) is 5.01 Å². The van der Waals surface area contributed by atoms with Crippen molar-refractivity contribution < 1.29 is 4.79 Å². The molecule has 16 heavy (non-hydrogen) atoms. The first-order valence-electron chi connectivity index (χ1n) is 5.44. The second-order valence-corrected chi connectivity index (χ2v) is 6.30. The van der Waals surface area contributed by atoms with Crippen molar-refractivity contribution in [3.05, 3.63) is 21.7 Å². The molecular formula is C12H14BrNOS. The maximum absolute atomic E-state index is 12.1. The number of hydrogen-bond donors (Lipinski definition) is 0. The zero-order valence-electron chi connectivity index (χ0n) is 9.37. The summed E-state index contributed by atoms with van der Waals surface area (Å²) in [6.07, 6.45) is 6.21. The maximum atomic E-state index is 12.1. The van der Waals surface area contributed by atoms with Gasteiger partial charge >= 0.3 is 0 Å². The second kappa shape index (κ2) is 4.80. The molecule has 0 saturated carbocycles. The van der Waals surface area contributed by atoms with Crippen molar-refractivity contribution in [2.75, 3.05) is 0 Å². The minimum Gasteiger partial charge on any atom is -0.290 e. The standard InChI is InChI=1S/C12H14BrNOS/c1-7(2)10(13)11(15)12-14-8-5-3-4-6-9(8)16-12/h4,6-7,10H,3,5H2,1-2H3. The van der Waals surface area contributed by atoms with E-state index in [1.54, 1.807) is 0 Å².